The smallest absolute Gasteiger partial charge is 0.276 e. The first-order valence-electron chi connectivity index (χ1n) is 6.52. The highest BCUT2D eigenvalue weighted by Crippen LogP contribution is 2.12. The number of nitrogens with zero attached hydrogens (tertiary/aromatic N) is 4. The first kappa shape index (κ1) is 13.6. The molecule has 1 aliphatic rings. The summed E-state index contributed by atoms with van der Waals surface area (Å²) in [6.07, 6.45) is 0.812. The molecule has 0 saturated carbocycles. The number of hydrogen-bond acceptors (Lipinski definition) is 5. The van der Waals surface area contributed by atoms with Crippen LogP contribution in [-0.2, 0) is 0 Å². The predicted octanol–water partition coefficient (Wildman–Crippen LogP) is 1.04. The van der Waals surface area contributed by atoms with Crippen molar-refractivity contribution >= 4 is 5.91 Å². The van der Waals surface area contributed by atoms with E-state index in [4.69, 9.17) is 9.78 Å². The monoisotopic (exact) mass is 262 g/mol. The second-order valence-corrected chi connectivity index (χ2v) is 4.70. The van der Waals surface area contributed by atoms with Gasteiger partial charge >= 0.3 is 0 Å². The van der Waals surface area contributed by atoms with Crippen molar-refractivity contribution in [2.24, 2.45) is 0 Å². The summed E-state index contributed by atoms with van der Waals surface area (Å²) in [6, 6.07) is 3.90. The van der Waals surface area contributed by atoms with Crippen molar-refractivity contribution in [3.63, 3.8) is 0 Å². The topological polar surface area (TPSA) is 73.4 Å². The Hall–Kier alpha value is -1.87. The van der Waals surface area contributed by atoms with Crippen molar-refractivity contribution in [2.45, 2.75) is 26.3 Å². The van der Waals surface area contributed by atoms with Gasteiger partial charge in [-0.2, -0.15) is 5.26 Å². The van der Waals surface area contributed by atoms with E-state index >= 15 is 0 Å². The maximum absolute atomic E-state index is 12.1. The molecule has 0 radical (unpaired) electrons. The number of nitriles is 1. The van der Waals surface area contributed by atoms with Gasteiger partial charge in [-0.25, -0.2) is 0 Å². The van der Waals surface area contributed by atoms with Crippen molar-refractivity contribution in [3.8, 4) is 6.07 Å². The first-order chi connectivity index (χ1) is 9.15. The number of amides is 1. The van der Waals surface area contributed by atoms with Crippen LogP contribution in [0.1, 0.15) is 29.6 Å². The van der Waals surface area contributed by atoms with Crippen LogP contribution in [0, 0.1) is 18.3 Å². The van der Waals surface area contributed by atoms with Gasteiger partial charge in [0.2, 0.25) is 0 Å². The summed E-state index contributed by atoms with van der Waals surface area (Å²) in [6.45, 7) is 6.49. The lowest BCUT2D eigenvalue weighted by Crippen LogP contribution is -2.51. The van der Waals surface area contributed by atoms with Crippen molar-refractivity contribution in [3.05, 3.63) is 17.5 Å². The van der Waals surface area contributed by atoms with Crippen molar-refractivity contribution in [1.29, 1.82) is 5.26 Å². The van der Waals surface area contributed by atoms with Crippen molar-refractivity contribution < 1.29 is 9.32 Å². The molecule has 6 heteroatoms. The van der Waals surface area contributed by atoms with Gasteiger partial charge < -0.3 is 9.42 Å². The molecule has 0 aromatic carbocycles. The van der Waals surface area contributed by atoms with E-state index in [1.165, 1.54) is 0 Å². The Morgan fingerprint density at radius 2 is 2.21 bits per heavy atom. The predicted molar refractivity (Wildman–Crippen MR) is 68.4 cm³/mol. The fourth-order valence-corrected chi connectivity index (χ4v) is 2.30. The highest BCUT2D eigenvalue weighted by Gasteiger charge is 2.26. The molecular weight excluding hydrogens is 244 g/mol. The number of carbonyl (C=O) groups excluding carboxylic acids is 1. The van der Waals surface area contributed by atoms with Crippen LogP contribution < -0.4 is 0 Å². The SMILES string of the molecule is CCC(C#N)N1CCN(C(=O)c2cc(C)on2)CC1. The molecule has 0 bridgehead atoms. The molecule has 0 spiro atoms. The third-order valence-electron chi connectivity index (χ3n) is 3.43. The maximum atomic E-state index is 12.1. The number of piperazine rings is 1. The molecule has 1 fully saturated rings. The van der Waals surface area contributed by atoms with Crippen LogP contribution in [0.25, 0.3) is 0 Å². The molecule has 19 heavy (non-hydrogen) atoms. The maximum Gasteiger partial charge on any atom is 0.276 e. The van der Waals surface area contributed by atoms with Gasteiger partial charge in [0.1, 0.15) is 5.76 Å². The third kappa shape index (κ3) is 2.93. The molecule has 1 aromatic rings. The standard InChI is InChI=1S/C13H18N4O2/c1-3-11(9-14)16-4-6-17(7-5-16)13(18)12-8-10(2)19-15-12/h8,11H,3-7H2,1-2H3. The minimum atomic E-state index is -0.0958. The zero-order valence-corrected chi connectivity index (χ0v) is 11.3. The molecule has 2 heterocycles. The Kier molecular flexibility index (Phi) is 4.17. The molecule has 102 valence electrons. The van der Waals surface area contributed by atoms with Gasteiger partial charge in [-0.1, -0.05) is 12.1 Å². The Labute approximate surface area is 112 Å². The van der Waals surface area contributed by atoms with E-state index < -0.39 is 0 Å². The van der Waals surface area contributed by atoms with E-state index in [0.29, 0.717) is 24.5 Å². The second-order valence-electron chi connectivity index (χ2n) is 4.70. The molecule has 0 N–H and O–H groups in total. The largest absolute Gasteiger partial charge is 0.361 e. The van der Waals surface area contributed by atoms with Gasteiger partial charge in [0.15, 0.2) is 5.69 Å². The lowest BCUT2D eigenvalue weighted by molar-refractivity contribution is 0.0595. The van der Waals surface area contributed by atoms with Gasteiger partial charge in [0.25, 0.3) is 5.91 Å². The highest BCUT2D eigenvalue weighted by atomic mass is 16.5. The van der Waals surface area contributed by atoms with Gasteiger partial charge in [0, 0.05) is 32.2 Å². The molecule has 1 unspecified atom stereocenters. The van der Waals surface area contributed by atoms with Crippen molar-refractivity contribution in [2.75, 3.05) is 26.2 Å². The Morgan fingerprint density at radius 3 is 2.68 bits per heavy atom. The number of aryl methyl sites for hydroxylation is 1. The minimum Gasteiger partial charge on any atom is -0.361 e. The molecule has 1 atom stereocenters. The molecular formula is C13H18N4O2. The summed E-state index contributed by atoms with van der Waals surface area (Å²) >= 11 is 0. The van der Waals surface area contributed by atoms with Crippen LogP contribution in [0.5, 0.6) is 0 Å². The molecule has 1 amide bonds. The van der Waals surface area contributed by atoms with Gasteiger partial charge in [0.05, 0.1) is 12.1 Å². The molecule has 2 rings (SSSR count). The van der Waals surface area contributed by atoms with Crippen LogP contribution in [-0.4, -0.2) is 53.1 Å². The zero-order chi connectivity index (χ0) is 13.8. The highest BCUT2D eigenvalue weighted by molar-refractivity contribution is 5.92. The Bertz CT molecular complexity index is 483. The van der Waals surface area contributed by atoms with E-state index in [1.807, 2.05) is 6.92 Å². The summed E-state index contributed by atoms with van der Waals surface area (Å²) in [5, 5.41) is 12.8. The normalized spacial score (nSPS) is 18.1. The van der Waals surface area contributed by atoms with Crippen LogP contribution in [0.4, 0.5) is 0 Å². The van der Waals surface area contributed by atoms with E-state index in [9.17, 15) is 4.79 Å². The zero-order valence-electron chi connectivity index (χ0n) is 11.3. The van der Waals surface area contributed by atoms with E-state index in [-0.39, 0.29) is 11.9 Å². The van der Waals surface area contributed by atoms with Crippen LogP contribution in [0.2, 0.25) is 0 Å². The Balaban J connectivity index is 1.93. The average molecular weight is 262 g/mol. The summed E-state index contributed by atoms with van der Waals surface area (Å²) in [5.74, 6) is 0.541. The molecule has 1 aliphatic heterocycles. The first-order valence-corrected chi connectivity index (χ1v) is 6.52. The number of aromatic nitrogens is 1. The summed E-state index contributed by atoms with van der Waals surface area (Å²) in [4.78, 5) is 16.0. The second kappa shape index (κ2) is 5.85. The summed E-state index contributed by atoms with van der Waals surface area (Å²) in [5.41, 5.74) is 0.360. The van der Waals surface area contributed by atoms with Crippen LogP contribution in [0.15, 0.2) is 10.6 Å². The Morgan fingerprint density at radius 1 is 1.53 bits per heavy atom. The van der Waals surface area contributed by atoms with Gasteiger partial charge in [-0.15, -0.1) is 0 Å². The summed E-state index contributed by atoms with van der Waals surface area (Å²) in [7, 11) is 0. The van der Waals surface area contributed by atoms with Gasteiger partial charge in [-0.3, -0.25) is 9.69 Å². The van der Waals surface area contributed by atoms with Crippen molar-refractivity contribution in [1.82, 2.24) is 15.0 Å². The molecule has 1 saturated heterocycles. The van der Waals surface area contributed by atoms with E-state index in [0.717, 1.165) is 19.5 Å². The van der Waals surface area contributed by atoms with E-state index in [1.54, 1.807) is 17.9 Å². The summed E-state index contributed by atoms with van der Waals surface area (Å²) < 4.78 is 4.92. The lowest BCUT2D eigenvalue weighted by Gasteiger charge is -2.36. The molecule has 1 aromatic heterocycles. The van der Waals surface area contributed by atoms with E-state index in [2.05, 4.69) is 16.1 Å². The van der Waals surface area contributed by atoms with Crippen LogP contribution in [0.3, 0.4) is 0 Å². The minimum absolute atomic E-state index is 0.0495. The number of carbonyl (C=O) groups is 1. The molecule has 0 aliphatic carbocycles. The van der Waals surface area contributed by atoms with Gasteiger partial charge in [-0.05, 0) is 13.3 Å². The quantitative estimate of drug-likeness (QED) is 0.813. The lowest BCUT2D eigenvalue weighted by atomic mass is 10.2. The van der Waals surface area contributed by atoms with Crippen LogP contribution >= 0.6 is 0 Å². The fourth-order valence-electron chi connectivity index (χ4n) is 2.30. The fraction of sp³-hybridized carbons (Fsp3) is 0.615. The number of rotatable bonds is 3. The third-order valence-corrected chi connectivity index (χ3v) is 3.43. The number of hydrogen-bond donors (Lipinski definition) is 0. The molecule has 6 nitrogen and oxygen atoms in total. The average Bonchev–Trinajstić information content (AvgIpc) is 2.87.